The fraction of sp³-hybridized carbons (Fsp3) is 0.222. The number of rotatable bonds is 3. The molecule has 1 aromatic rings. The zero-order valence-electron chi connectivity index (χ0n) is 14.3. The highest BCUT2D eigenvalue weighted by molar-refractivity contribution is 8.13. The van der Waals surface area contributed by atoms with Crippen LogP contribution in [0.15, 0.2) is 69.0 Å². The molecule has 0 aliphatic carbocycles. The predicted octanol–water partition coefficient (Wildman–Crippen LogP) is 3.19. The Morgan fingerprint density at radius 3 is 2.60 bits per heavy atom. The SMILES string of the molecule is CCSC1=N/C(=C/C=C2/N=C(c3ccccc3)OC2=O)C(C)=NN1C. The third kappa shape index (κ3) is 3.88. The first kappa shape index (κ1) is 17.2. The summed E-state index contributed by atoms with van der Waals surface area (Å²) in [6.07, 6.45) is 3.37. The van der Waals surface area contributed by atoms with Crippen molar-refractivity contribution in [2.75, 3.05) is 12.8 Å². The van der Waals surface area contributed by atoms with E-state index in [0.717, 1.165) is 22.2 Å². The van der Waals surface area contributed by atoms with Crippen LogP contribution in [0.1, 0.15) is 19.4 Å². The number of thioether (sulfide) groups is 1. The van der Waals surface area contributed by atoms with E-state index in [9.17, 15) is 4.79 Å². The summed E-state index contributed by atoms with van der Waals surface area (Å²) in [5, 5.41) is 7.01. The molecule has 0 saturated heterocycles. The van der Waals surface area contributed by atoms with E-state index in [0.29, 0.717) is 11.6 Å². The zero-order valence-corrected chi connectivity index (χ0v) is 15.1. The van der Waals surface area contributed by atoms with Gasteiger partial charge in [-0.25, -0.2) is 19.8 Å². The topological polar surface area (TPSA) is 66.6 Å². The molecule has 0 amide bonds. The number of carbonyl (C=O) groups is 1. The third-order valence-corrected chi connectivity index (χ3v) is 4.38. The molecular formula is C18H18N4O2S. The number of esters is 1. The number of nitrogens with zero attached hydrogens (tertiary/aromatic N) is 4. The summed E-state index contributed by atoms with van der Waals surface area (Å²) in [5.41, 5.74) is 2.50. The Hall–Kier alpha value is -2.67. The predicted molar refractivity (Wildman–Crippen MR) is 102 cm³/mol. The average Bonchev–Trinajstić information content (AvgIpc) is 2.98. The molecule has 7 heteroatoms. The molecule has 0 unspecified atom stereocenters. The molecule has 0 aromatic heterocycles. The van der Waals surface area contributed by atoms with Crippen LogP contribution in [0.25, 0.3) is 0 Å². The number of ether oxygens (including phenoxy) is 1. The van der Waals surface area contributed by atoms with Crippen LogP contribution in [0, 0.1) is 0 Å². The number of amidine groups is 1. The van der Waals surface area contributed by atoms with Gasteiger partial charge in [0.2, 0.25) is 5.90 Å². The van der Waals surface area contributed by atoms with Gasteiger partial charge in [-0.05, 0) is 37.0 Å². The number of cyclic esters (lactones) is 1. The number of allylic oxidation sites excluding steroid dienone is 3. The van der Waals surface area contributed by atoms with Crippen LogP contribution >= 0.6 is 11.8 Å². The van der Waals surface area contributed by atoms with Crippen LogP contribution in [0.3, 0.4) is 0 Å². The van der Waals surface area contributed by atoms with Gasteiger partial charge in [0, 0.05) is 12.6 Å². The van der Waals surface area contributed by atoms with Gasteiger partial charge in [-0.1, -0.05) is 36.9 Å². The van der Waals surface area contributed by atoms with Gasteiger partial charge >= 0.3 is 5.97 Å². The molecule has 1 aromatic carbocycles. The minimum absolute atomic E-state index is 0.248. The van der Waals surface area contributed by atoms with E-state index in [2.05, 4.69) is 22.0 Å². The smallest absolute Gasteiger partial charge is 0.363 e. The molecule has 2 aliphatic rings. The van der Waals surface area contributed by atoms with Crippen molar-refractivity contribution in [3.8, 4) is 0 Å². The van der Waals surface area contributed by atoms with Crippen LogP contribution in [-0.4, -0.2) is 40.6 Å². The molecule has 128 valence electrons. The lowest BCUT2D eigenvalue weighted by Crippen LogP contribution is -2.24. The molecule has 0 atom stereocenters. The van der Waals surface area contributed by atoms with Gasteiger partial charge in [0.05, 0.1) is 11.4 Å². The van der Waals surface area contributed by atoms with Crippen molar-refractivity contribution in [3.05, 3.63) is 59.4 Å². The van der Waals surface area contributed by atoms with Crippen LogP contribution in [-0.2, 0) is 9.53 Å². The van der Waals surface area contributed by atoms with E-state index in [1.165, 1.54) is 0 Å². The zero-order chi connectivity index (χ0) is 17.8. The largest absolute Gasteiger partial charge is 0.402 e. The number of hydrazone groups is 1. The number of hydrogen-bond acceptors (Lipinski definition) is 7. The van der Waals surface area contributed by atoms with Crippen molar-refractivity contribution in [1.29, 1.82) is 0 Å². The van der Waals surface area contributed by atoms with E-state index in [4.69, 9.17) is 4.74 Å². The summed E-state index contributed by atoms with van der Waals surface area (Å²) in [6.45, 7) is 3.94. The molecular weight excluding hydrogens is 336 g/mol. The minimum atomic E-state index is -0.467. The maximum Gasteiger partial charge on any atom is 0.363 e. The maximum atomic E-state index is 12.0. The first-order valence-corrected chi connectivity index (χ1v) is 8.86. The van der Waals surface area contributed by atoms with Crippen LogP contribution in [0.2, 0.25) is 0 Å². The molecule has 0 fully saturated rings. The lowest BCUT2D eigenvalue weighted by atomic mass is 10.2. The van der Waals surface area contributed by atoms with Crippen LogP contribution in [0.5, 0.6) is 0 Å². The molecule has 0 saturated carbocycles. The molecule has 2 aliphatic heterocycles. The van der Waals surface area contributed by atoms with E-state index in [1.54, 1.807) is 28.9 Å². The number of benzene rings is 1. The van der Waals surface area contributed by atoms with Gasteiger partial charge in [-0.3, -0.25) is 0 Å². The van der Waals surface area contributed by atoms with E-state index >= 15 is 0 Å². The van der Waals surface area contributed by atoms with Crippen molar-refractivity contribution < 1.29 is 9.53 Å². The molecule has 0 N–H and O–H groups in total. The monoisotopic (exact) mass is 354 g/mol. The summed E-state index contributed by atoms with van der Waals surface area (Å²) >= 11 is 1.61. The molecule has 0 bridgehead atoms. The van der Waals surface area contributed by atoms with Crippen molar-refractivity contribution >= 4 is 34.5 Å². The van der Waals surface area contributed by atoms with Gasteiger partial charge in [0.1, 0.15) is 0 Å². The summed E-state index contributed by atoms with van der Waals surface area (Å²) in [5.74, 6) is 0.753. The fourth-order valence-electron chi connectivity index (χ4n) is 2.27. The Morgan fingerprint density at radius 1 is 1.16 bits per heavy atom. The second-order valence-corrected chi connectivity index (χ2v) is 6.54. The lowest BCUT2D eigenvalue weighted by Gasteiger charge is -2.20. The Morgan fingerprint density at radius 2 is 1.88 bits per heavy atom. The summed E-state index contributed by atoms with van der Waals surface area (Å²) < 4.78 is 5.24. The minimum Gasteiger partial charge on any atom is -0.402 e. The van der Waals surface area contributed by atoms with Crippen molar-refractivity contribution in [2.45, 2.75) is 13.8 Å². The first-order valence-electron chi connectivity index (χ1n) is 7.87. The highest BCUT2D eigenvalue weighted by Crippen LogP contribution is 2.20. The summed E-state index contributed by atoms with van der Waals surface area (Å²) in [7, 11) is 1.87. The van der Waals surface area contributed by atoms with E-state index < -0.39 is 5.97 Å². The lowest BCUT2D eigenvalue weighted by molar-refractivity contribution is -0.130. The molecule has 0 spiro atoms. The second-order valence-electron chi connectivity index (χ2n) is 5.31. The van der Waals surface area contributed by atoms with Crippen LogP contribution < -0.4 is 0 Å². The Bertz CT molecular complexity index is 838. The average molecular weight is 354 g/mol. The van der Waals surface area contributed by atoms with E-state index in [1.807, 2.05) is 44.3 Å². The standard InChI is InChI=1S/C18H18N4O2S/c1-4-25-18-20-14(12(2)21-22(18)3)10-11-15-17(23)24-16(19-15)13-8-6-5-7-9-13/h5-11H,4H2,1-3H3/b14-10+,15-11+. The fourth-order valence-corrected chi connectivity index (χ4v) is 2.92. The van der Waals surface area contributed by atoms with Crippen molar-refractivity contribution in [2.24, 2.45) is 15.1 Å². The summed E-state index contributed by atoms with van der Waals surface area (Å²) in [6, 6.07) is 9.33. The van der Waals surface area contributed by atoms with Crippen molar-refractivity contribution in [3.63, 3.8) is 0 Å². The highest BCUT2D eigenvalue weighted by Gasteiger charge is 2.23. The molecule has 0 radical (unpaired) electrons. The van der Waals surface area contributed by atoms with Gasteiger partial charge in [0.25, 0.3) is 0 Å². The van der Waals surface area contributed by atoms with Gasteiger partial charge in [-0.15, -0.1) is 0 Å². The number of carbonyl (C=O) groups excluding carboxylic acids is 1. The first-order chi connectivity index (χ1) is 12.1. The number of hydrogen-bond donors (Lipinski definition) is 0. The third-order valence-electron chi connectivity index (χ3n) is 3.48. The second kappa shape index (κ2) is 7.48. The summed E-state index contributed by atoms with van der Waals surface area (Å²) in [4.78, 5) is 20.9. The van der Waals surface area contributed by atoms with Gasteiger partial charge in [0.15, 0.2) is 10.9 Å². The van der Waals surface area contributed by atoms with Gasteiger partial charge < -0.3 is 4.74 Å². The van der Waals surface area contributed by atoms with Crippen LogP contribution in [0.4, 0.5) is 0 Å². The molecule has 2 heterocycles. The Labute approximate surface area is 150 Å². The van der Waals surface area contributed by atoms with Crippen molar-refractivity contribution in [1.82, 2.24) is 5.01 Å². The normalized spacial score (nSPS) is 20.5. The molecule has 25 heavy (non-hydrogen) atoms. The Kier molecular flexibility index (Phi) is 5.14. The quantitative estimate of drug-likeness (QED) is 0.618. The van der Waals surface area contributed by atoms with E-state index in [-0.39, 0.29) is 5.70 Å². The maximum absolute atomic E-state index is 12.0. The number of aliphatic imine (C=N–C) groups is 2. The molecule has 3 rings (SSSR count). The van der Waals surface area contributed by atoms with Gasteiger partial charge in [-0.2, -0.15) is 5.10 Å². The Balaban J connectivity index is 1.87. The molecule has 6 nitrogen and oxygen atoms in total. The highest BCUT2D eigenvalue weighted by atomic mass is 32.2.